The van der Waals surface area contributed by atoms with Gasteiger partial charge in [-0.05, 0) is 17.7 Å². The van der Waals surface area contributed by atoms with Crippen molar-refractivity contribution < 1.29 is 28.6 Å². The van der Waals surface area contributed by atoms with E-state index in [9.17, 15) is 14.4 Å². The lowest BCUT2D eigenvalue weighted by Crippen LogP contribution is -2.41. The summed E-state index contributed by atoms with van der Waals surface area (Å²) in [7, 11) is 4.37. The molecule has 0 saturated carbocycles. The van der Waals surface area contributed by atoms with Gasteiger partial charge in [-0.1, -0.05) is 46.3 Å². The van der Waals surface area contributed by atoms with E-state index in [0.29, 0.717) is 27.1 Å². The highest BCUT2D eigenvalue weighted by atomic mass is 79.9. The van der Waals surface area contributed by atoms with Gasteiger partial charge in [0.15, 0.2) is 11.5 Å². The molecule has 8 nitrogen and oxygen atoms in total. The number of urea groups is 1. The Morgan fingerprint density at radius 3 is 2.24 bits per heavy atom. The van der Waals surface area contributed by atoms with Crippen molar-refractivity contribution in [2.75, 3.05) is 21.3 Å². The molecule has 2 rings (SSSR count). The van der Waals surface area contributed by atoms with Crippen LogP contribution in [0.3, 0.4) is 0 Å². The van der Waals surface area contributed by atoms with Crippen LogP contribution in [-0.2, 0) is 20.7 Å². The molecular weight excluding hydrogens is 444 g/mol. The molecule has 1 atom stereocenters. The Kier molecular flexibility index (Phi) is 8.02. The average molecular weight is 465 g/mol. The van der Waals surface area contributed by atoms with Gasteiger partial charge in [-0.25, -0.2) is 4.79 Å². The minimum atomic E-state index is -1.28. The number of hydrogen-bond donors (Lipinski definition) is 2. The standard InChI is InChI=1S/C20H21BrN2O6/c1-22-20(26)23-19(25)18(12-7-5-4-6-8-12)29-17(24)10-13-9-15(27-2)16(28-3)11-14(13)21/h4-9,11,18H,10H2,1-3H3,(H2,22,23,25,26)/t18-/m1/s1. The predicted octanol–water partition coefficient (Wildman–Crippen LogP) is 2.75. The molecule has 3 amide bonds. The summed E-state index contributed by atoms with van der Waals surface area (Å²) in [5.41, 5.74) is 1.03. The van der Waals surface area contributed by atoms with Crippen LogP contribution in [0.1, 0.15) is 17.2 Å². The first-order valence-electron chi connectivity index (χ1n) is 8.57. The summed E-state index contributed by atoms with van der Waals surface area (Å²) in [5.74, 6) is -0.451. The third-order valence-corrected chi connectivity index (χ3v) is 4.68. The minimum Gasteiger partial charge on any atom is -0.493 e. The molecule has 0 radical (unpaired) electrons. The Labute approximate surface area is 176 Å². The summed E-state index contributed by atoms with van der Waals surface area (Å²) >= 11 is 3.39. The summed E-state index contributed by atoms with van der Waals surface area (Å²) in [5, 5.41) is 4.41. The lowest BCUT2D eigenvalue weighted by atomic mass is 10.1. The van der Waals surface area contributed by atoms with Crippen LogP contribution in [0.4, 0.5) is 4.79 Å². The number of ether oxygens (including phenoxy) is 3. The molecule has 0 heterocycles. The molecule has 2 aromatic carbocycles. The largest absolute Gasteiger partial charge is 0.493 e. The smallest absolute Gasteiger partial charge is 0.321 e. The number of carbonyl (C=O) groups excluding carboxylic acids is 3. The van der Waals surface area contributed by atoms with Gasteiger partial charge in [0.1, 0.15) is 0 Å². The molecule has 0 aliphatic rings. The van der Waals surface area contributed by atoms with Crippen molar-refractivity contribution in [3.05, 3.63) is 58.1 Å². The number of amides is 3. The fourth-order valence-electron chi connectivity index (χ4n) is 2.50. The van der Waals surface area contributed by atoms with Crippen molar-refractivity contribution >= 4 is 33.8 Å². The summed E-state index contributed by atoms with van der Waals surface area (Å²) in [4.78, 5) is 36.5. The highest BCUT2D eigenvalue weighted by molar-refractivity contribution is 9.10. The van der Waals surface area contributed by atoms with Crippen LogP contribution >= 0.6 is 15.9 Å². The molecular formula is C20H21BrN2O6. The predicted molar refractivity (Wildman–Crippen MR) is 109 cm³/mol. The fraction of sp³-hybridized carbons (Fsp3) is 0.250. The quantitative estimate of drug-likeness (QED) is 0.610. The number of halogens is 1. The molecule has 0 fully saturated rings. The van der Waals surface area contributed by atoms with E-state index in [1.165, 1.54) is 21.3 Å². The van der Waals surface area contributed by atoms with E-state index in [-0.39, 0.29) is 6.42 Å². The van der Waals surface area contributed by atoms with Crippen molar-refractivity contribution in [3.8, 4) is 11.5 Å². The number of rotatable bonds is 7. The first kappa shape index (κ1) is 22.2. The molecule has 0 bridgehead atoms. The molecule has 0 aliphatic heterocycles. The van der Waals surface area contributed by atoms with Crippen LogP contribution in [0.15, 0.2) is 46.9 Å². The van der Waals surface area contributed by atoms with Crippen LogP contribution in [0.25, 0.3) is 0 Å². The normalized spacial score (nSPS) is 11.2. The van der Waals surface area contributed by atoms with E-state index >= 15 is 0 Å². The number of benzene rings is 2. The lowest BCUT2D eigenvalue weighted by Gasteiger charge is -2.18. The number of nitrogens with one attached hydrogen (secondary N) is 2. The highest BCUT2D eigenvalue weighted by Gasteiger charge is 2.27. The molecule has 0 aromatic heterocycles. The number of hydrogen-bond acceptors (Lipinski definition) is 6. The number of methoxy groups -OCH3 is 2. The lowest BCUT2D eigenvalue weighted by molar-refractivity contribution is -0.155. The number of esters is 1. The third-order valence-electron chi connectivity index (χ3n) is 3.94. The number of carbonyl (C=O) groups is 3. The van der Waals surface area contributed by atoms with Gasteiger partial charge in [-0.3, -0.25) is 14.9 Å². The monoisotopic (exact) mass is 464 g/mol. The fourth-order valence-corrected chi connectivity index (χ4v) is 2.96. The van der Waals surface area contributed by atoms with Gasteiger partial charge in [0.25, 0.3) is 5.91 Å². The van der Waals surface area contributed by atoms with E-state index in [2.05, 4.69) is 26.6 Å². The molecule has 154 valence electrons. The SMILES string of the molecule is CNC(=O)NC(=O)[C@H](OC(=O)Cc1cc(OC)c(OC)cc1Br)c1ccccc1. The average Bonchev–Trinajstić information content (AvgIpc) is 2.73. The van der Waals surface area contributed by atoms with Crippen molar-refractivity contribution in [3.63, 3.8) is 0 Å². The first-order chi connectivity index (χ1) is 13.9. The highest BCUT2D eigenvalue weighted by Crippen LogP contribution is 2.33. The summed E-state index contributed by atoms with van der Waals surface area (Å²) in [6, 6.07) is 11.1. The zero-order valence-electron chi connectivity index (χ0n) is 16.2. The van der Waals surface area contributed by atoms with Gasteiger partial charge < -0.3 is 19.5 Å². The second kappa shape index (κ2) is 10.5. The van der Waals surface area contributed by atoms with Crippen LogP contribution in [-0.4, -0.2) is 39.2 Å². The van der Waals surface area contributed by atoms with Crippen molar-refractivity contribution in [2.24, 2.45) is 0 Å². The molecule has 0 aliphatic carbocycles. The molecule has 0 saturated heterocycles. The maximum Gasteiger partial charge on any atom is 0.321 e. The molecule has 0 spiro atoms. The van der Waals surface area contributed by atoms with E-state index in [4.69, 9.17) is 14.2 Å². The van der Waals surface area contributed by atoms with Crippen LogP contribution in [0, 0.1) is 0 Å². The number of imide groups is 1. The van der Waals surface area contributed by atoms with Gasteiger partial charge in [-0.2, -0.15) is 0 Å². The van der Waals surface area contributed by atoms with Gasteiger partial charge in [0, 0.05) is 17.1 Å². The Morgan fingerprint density at radius 2 is 1.66 bits per heavy atom. The molecule has 29 heavy (non-hydrogen) atoms. The van der Waals surface area contributed by atoms with Gasteiger partial charge in [-0.15, -0.1) is 0 Å². The van der Waals surface area contributed by atoms with Crippen LogP contribution in [0.5, 0.6) is 11.5 Å². The van der Waals surface area contributed by atoms with E-state index < -0.39 is 24.0 Å². The second-order valence-corrected chi connectivity index (χ2v) is 6.68. The van der Waals surface area contributed by atoms with Gasteiger partial charge in [0.2, 0.25) is 6.10 Å². The molecule has 2 N–H and O–H groups in total. The third kappa shape index (κ3) is 5.95. The molecule has 0 unspecified atom stereocenters. The maximum atomic E-state index is 12.6. The van der Waals surface area contributed by atoms with Crippen LogP contribution < -0.4 is 20.1 Å². The van der Waals surface area contributed by atoms with Crippen molar-refractivity contribution in [1.29, 1.82) is 0 Å². The Bertz CT molecular complexity index is 888. The summed E-state index contributed by atoms with van der Waals surface area (Å²) in [6.07, 6.45) is -1.41. The maximum absolute atomic E-state index is 12.6. The Hall–Kier alpha value is -3.07. The molecule has 2 aromatic rings. The minimum absolute atomic E-state index is 0.127. The van der Waals surface area contributed by atoms with Gasteiger partial charge >= 0.3 is 12.0 Å². The van der Waals surface area contributed by atoms with E-state index in [1.54, 1.807) is 42.5 Å². The Morgan fingerprint density at radius 1 is 1.03 bits per heavy atom. The van der Waals surface area contributed by atoms with Crippen molar-refractivity contribution in [2.45, 2.75) is 12.5 Å². The second-order valence-electron chi connectivity index (χ2n) is 5.82. The van der Waals surface area contributed by atoms with Crippen LogP contribution in [0.2, 0.25) is 0 Å². The summed E-state index contributed by atoms with van der Waals surface area (Å²) in [6.45, 7) is 0. The summed E-state index contributed by atoms with van der Waals surface area (Å²) < 4.78 is 16.5. The zero-order valence-corrected chi connectivity index (χ0v) is 17.7. The topological polar surface area (TPSA) is 103 Å². The zero-order chi connectivity index (χ0) is 21.4. The van der Waals surface area contributed by atoms with Gasteiger partial charge in [0.05, 0.1) is 20.6 Å². The van der Waals surface area contributed by atoms with E-state index in [0.717, 1.165) is 0 Å². The molecule has 9 heteroatoms. The van der Waals surface area contributed by atoms with Crippen molar-refractivity contribution in [1.82, 2.24) is 10.6 Å². The van der Waals surface area contributed by atoms with E-state index in [1.807, 2.05) is 0 Å². The Balaban J connectivity index is 2.22. The first-order valence-corrected chi connectivity index (χ1v) is 9.36.